The van der Waals surface area contributed by atoms with Gasteiger partial charge >= 0.3 is 5.97 Å². The number of nitrogens with zero attached hydrogens (tertiary/aromatic N) is 1. The van der Waals surface area contributed by atoms with E-state index in [2.05, 4.69) is 26.5 Å². The number of esters is 1. The van der Waals surface area contributed by atoms with Crippen LogP contribution < -0.4 is 10.2 Å². The Hall–Kier alpha value is -2.03. The lowest BCUT2D eigenvalue weighted by Gasteiger charge is -2.08. The number of hydrogen-bond donors (Lipinski definition) is 1. The van der Waals surface area contributed by atoms with Gasteiger partial charge in [-0.15, -0.1) is 11.8 Å². The van der Waals surface area contributed by atoms with Crippen LogP contribution >= 0.6 is 39.3 Å². The molecule has 0 unspecified atom stereocenters. The second-order valence-corrected chi connectivity index (χ2v) is 7.66. The molecular weight excluding hydrogens is 468 g/mol. The van der Waals surface area contributed by atoms with Gasteiger partial charge in [0.25, 0.3) is 0 Å². The third-order valence-corrected chi connectivity index (χ3v) is 5.08. The molecule has 6 nitrogen and oxygen atoms in total. The summed E-state index contributed by atoms with van der Waals surface area (Å²) in [5.41, 5.74) is 3.23. The first-order chi connectivity index (χ1) is 13.5. The Morgan fingerprint density at radius 2 is 2.00 bits per heavy atom. The summed E-state index contributed by atoms with van der Waals surface area (Å²) in [6, 6.07) is 12.5. The first kappa shape index (κ1) is 22.3. The van der Waals surface area contributed by atoms with Crippen molar-refractivity contribution in [2.75, 3.05) is 19.0 Å². The minimum atomic E-state index is -0.431. The van der Waals surface area contributed by atoms with E-state index < -0.39 is 5.97 Å². The van der Waals surface area contributed by atoms with Gasteiger partial charge in [-0.2, -0.15) is 5.10 Å². The van der Waals surface area contributed by atoms with Gasteiger partial charge in [0, 0.05) is 9.92 Å². The van der Waals surface area contributed by atoms with Crippen LogP contribution in [0.4, 0.5) is 0 Å². The van der Waals surface area contributed by atoms with Crippen molar-refractivity contribution < 1.29 is 19.1 Å². The molecule has 9 heteroatoms. The average Bonchev–Trinajstić information content (AvgIpc) is 2.67. The highest BCUT2D eigenvalue weighted by atomic mass is 79.9. The van der Waals surface area contributed by atoms with Crippen molar-refractivity contribution in [3.63, 3.8) is 0 Å². The lowest BCUT2D eigenvalue weighted by Crippen LogP contribution is -2.19. The molecule has 0 aromatic heterocycles. The van der Waals surface area contributed by atoms with Crippen LogP contribution in [0.1, 0.15) is 12.5 Å². The van der Waals surface area contributed by atoms with Crippen LogP contribution in [0.25, 0.3) is 0 Å². The van der Waals surface area contributed by atoms with Crippen molar-refractivity contribution in [3.05, 3.63) is 57.5 Å². The summed E-state index contributed by atoms with van der Waals surface area (Å²) in [5.74, 6) is 0.0982. The van der Waals surface area contributed by atoms with Crippen LogP contribution in [-0.2, 0) is 14.3 Å². The molecule has 0 aliphatic heterocycles. The number of halogens is 2. The molecule has 0 spiro atoms. The molecule has 1 N–H and O–H groups in total. The molecule has 0 aliphatic carbocycles. The van der Waals surface area contributed by atoms with Gasteiger partial charge in [0.15, 0.2) is 6.61 Å². The zero-order valence-electron chi connectivity index (χ0n) is 15.0. The second-order valence-electron chi connectivity index (χ2n) is 5.32. The fraction of sp³-hybridized carbons (Fsp3) is 0.211. The van der Waals surface area contributed by atoms with Crippen LogP contribution in [0.15, 0.2) is 56.9 Å². The molecule has 1 amide bonds. The lowest BCUT2D eigenvalue weighted by atomic mass is 10.2. The number of nitrogens with one attached hydrogen (secondary N) is 1. The Morgan fingerprint density at radius 1 is 1.25 bits per heavy atom. The van der Waals surface area contributed by atoms with E-state index in [1.807, 2.05) is 12.1 Å². The highest BCUT2D eigenvalue weighted by Crippen LogP contribution is 2.25. The number of carbonyl (C=O) groups is 2. The van der Waals surface area contributed by atoms with E-state index in [9.17, 15) is 9.59 Å². The topological polar surface area (TPSA) is 77.0 Å². The highest BCUT2D eigenvalue weighted by molar-refractivity contribution is 9.10. The Kier molecular flexibility index (Phi) is 9.33. The van der Waals surface area contributed by atoms with E-state index in [1.165, 1.54) is 18.0 Å². The van der Waals surface area contributed by atoms with Gasteiger partial charge in [0.05, 0.1) is 23.0 Å². The minimum absolute atomic E-state index is 0.165. The van der Waals surface area contributed by atoms with E-state index in [-0.39, 0.29) is 18.3 Å². The van der Waals surface area contributed by atoms with Crippen molar-refractivity contribution in [1.29, 1.82) is 0 Å². The van der Waals surface area contributed by atoms with Crippen molar-refractivity contribution in [3.8, 4) is 5.75 Å². The molecule has 2 rings (SSSR count). The van der Waals surface area contributed by atoms with Gasteiger partial charge < -0.3 is 9.47 Å². The summed E-state index contributed by atoms with van der Waals surface area (Å²) in [4.78, 5) is 24.1. The van der Waals surface area contributed by atoms with E-state index in [0.717, 1.165) is 10.5 Å². The van der Waals surface area contributed by atoms with Gasteiger partial charge in [0.2, 0.25) is 5.91 Å². The molecule has 0 saturated carbocycles. The van der Waals surface area contributed by atoms with Crippen LogP contribution in [0, 0.1) is 0 Å². The monoisotopic (exact) mass is 484 g/mol. The molecule has 0 bridgehead atoms. The fourth-order valence-electron chi connectivity index (χ4n) is 1.94. The Bertz CT molecular complexity index is 846. The van der Waals surface area contributed by atoms with E-state index in [1.54, 1.807) is 37.3 Å². The number of thioether (sulfide) groups is 1. The first-order valence-corrected chi connectivity index (χ1v) is 10.4. The Morgan fingerprint density at radius 3 is 2.68 bits per heavy atom. The summed E-state index contributed by atoms with van der Waals surface area (Å²) in [5, 5.41) is 4.60. The Balaban J connectivity index is 1.79. The van der Waals surface area contributed by atoms with Crippen molar-refractivity contribution >= 4 is 57.4 Å². The maximum atomic E-state index is 11.9. The number of carbonyl (C=O) groups excluding carboxylic acids is 2. The van der Waals surface area contributed by atoms with Crippen LogP contribution in [0.2, 0.25) is 5.02 Å². The third kappa shape index (κ3) is 7.92. The number of hydrazone groups is 1. The molecule has 0 fully saturated rings. The van der Waals surface area contributed by atoms with Crippen LogP contribution in [-0.4, -0.2) is 37.1 Å². The molecule has 0 heterocycles. The Labute approximate surface area is 180 Å². The van der Waals surface area contributed by atoms with Gasteiger partial charge in [-0.1, -0.05) is 11.6 Å². The van der Waals surface area contributed by atoms with Gasteiger partial charge in [0.1, 0.15) is 5.75 Å². The summed E-state index contributed by atoms with van der Waals surface area (Å²) >= 11 is 10.6. The largest absolute Gasteiger partial charge is 0.481 e. The lowest BCUT2D eigenvalue weighted by molar-refractivity contribution is -0.145. The smallest absolute Gasteiger partial charge is 0.344 e. The van der Waals surface area contributed by atoms with Crippen molar-refractivity contribution in [2.24, 2.45) is 5.10 Å². The maximum Gasteiger partial charge on any atom is 0.344 e. The molecule has 2 aromatic carbocycles. The van der Waals surface area contributed by atoms with Crippen LogP contribution in [0.5, 0.6) is 5.75 Å². The summed E-state index contributed by atoms with van der Waals surface area (Å²) in [6.45, 7) is 1.88. The third-order valence-electron chi connectivity index (χ3n) is 3.19. The molecule has 0 radical (unpaired) electrons. The summed E-state index contributed by atoms with van der Waals surface area (Å²) in [6.07, 6.45) is 1.52. The van der Waals surface area contributed by atoms with Gasteiger partial charge in [-0.05, 0) is 70.9 Å². The minimum Gasteiger partial charge on any atom is -0.481 e. The van der Waals surface area contributed by atoms with E-state index in [0.29, 0.717) is 21.9 Å². The summed E-state index contributed by atoms with van der Waals surface area (Å²) < 4.78 is 10.8. The molecule has 0 atom stereocenters. The maximum absolute atomic E-state index is 11.9. The average molecular weight is 486 g/mol. The molecule has 148 valence electrons. The highest BCUT2D eigenvalue weighted by Gasteiger charge is 2.07. The number of rotatable bonds is 9. The SMILES string of the molecule is CCOC(=O)COc1ccc(/C=N\NC(=O)CSc2ccc(Cl)cc2)cc1Br. The van der Waals surface area contributed by atoms with E-state index in [4.69, 9.17) is 21.1 Å². The standard InChI is InChI=1S/C19H18BrClN2O4S/c1-2-26-19(25)11-27-17-8-3-13(9-16(17)20)10-22-23-18(24)12-28-15-6-4-14(21)5-7-15/h3-10H,2,11-12H2,1H3,(H,23,24)/b22-10-. The summed E-state index contributed by atoms with van der Waals surface area (Å²) in [7, 11) is 0. The number of amides is 1. The molecule has 0 aliphatic rings. The second kappa shape index (κ2) is 11.7. The number of hydrogen-bond acceptors (Lipinski definition) is 6. The quantitative estimate of drug-likeness (QED) is 0.248. The van der Waals surface area contributed by atoms with Crippen LogP contribution in [0.3, 0.4) is 0 Å². The van der Waals surface area contributed by atoms with Gasteiger partial charge in [-0.25, -0.2) is 10.2 Å². The van der Waals surface area contributed by atoms with Crippen molar-refractivity contribution in [1.82, 2.24) is 5.43 Å². The molecule has 0 saturated heterocycles. The molecule has 2 aromatic rings. The normalized spacial score (nSPS) is 10.7. The molecule has 28 heavy (non-hydrogen) atoms. The predicted molar refractivity (Wildman–Crippen MR) is 114 cm³/mol. The first-order valence-electron chi connectivity index (χ1n) is 8.26. The van der Waals surface area contributed by atoms with Crippen molar-refractivity contribution in [2.45, 2.75) is 11.8 Å². The fourth-order valence-corrected chi connectivity index (χ4v) is 3.27. The number of ether oxygens (including phenoxy) is 2. The number of benzene rings is 2. The zero-order chi connectivity index (χ0) is 20.4. The van der Waals surface area contributed by atoms with E-state index >= 15 is 0 Å². The molecular formula is C19H18BrClN2O4S. The zero-order valence-corrected chi connectivity index (χ0v) is 18.1. The van der Waals surface area contributed by atoms with Gasteiger partial charge in [-0.3, -0.25) is 4.79 Å². The predicted octanol–water partition coefficient (Wildman–Crippen LogP) is 4.29.